The Morgan fingerprint density at radius 1 is 1.41 bits per heavy atom. The van der Waals surface area contributed by atoms with Gasteiger partial charge in [-0.25, -0.2) is 0 Å². The van der Waals surface area contributed by atoms with Crippen LogP contribution in [0.4, 0.5) is 0 Å². The van der Waals surface area contributed by atoms with Gasteiger partial charge in [0.1, 0.15) is 0 Å². The Labute approximate surface area is 104 Å². The number of allylic oxidation sites excluding steroid dienone is 1. The maximum atomic E-state index is 10.1. The zero-order valence-electron chi connectivity index (χ0n) is 11.2. The lowest BCUT2D eigenvalue weighted by Gasteiger charge is -2.44. The first-order chi connectivity index (χ1) is 7.87. The summed E-state index contributed by atoms with van der Waals surface area (Å²) in [5.74, 6) is 0.207. The first-order valence-electron chi connectivity index (χ1n) is 6.62. The number of rotatable bonds is 2. The molecule has 17 heavy (non-hydrogen) atoms. The summed E-state index contributed by atoms with van der Waals surface area (Å²) in [4.78, 5) is 0. The standard InChI is InChI=1S/C15H24O2/c1-14(2,17)12-6-8-15(3)7-4-5-11(10-16)13(15)9-12/h5,9,12,16-17H,4,6-8,10H2,1-3H3/t12-,15+/m0/s1. The minimum absolute atomic E-state index is 0.125. The van der Waals surface area contributed by atoms with Gasteiger partial charge in [-0.15, -0.1) is 0 Å². The summed E-state index contributed by atoms with van der Waals surface area (Å²) in [7, 11) is 0. The van der Waals surface area contributed by atoms with E-state index in [0.29, 0.717) is 0 Å². The highest BCUT2D eigenvalue weighted by Gasteiger charge is 2.39. The van der Waals surface area contributed by atoms with Crippen molar-refractivity contribution in [3.63, 3.8) is 0 Å². The highest BCUT2D eigenvalue weighted by Crippen LogP contribution is 2.49. The van der Waals surface area contributed by atoms with Crippen LogP contribution in [0.2, 0.25) is 0 Å². The molecule has 0 aliphatic heterocycles. The molecule has 0 amide bonds. The maximum Gasteiger partial charge on any atom is 0.0681 e. The van der Waals surface area contributed by atoms with Crippen LogP contribution in [0.5, 0.6) is 0 Å². The Morgan fingerprint density at radius 3 is 2.71 bits per heavy atom. The second-order valence-corrected chi connectivity index (χ2v) is 6.37. The second-order valence-electron chi connectivity index (χ2n) is 6.37. The summed E-state index contributed by atoms with van der Waals surface area (Å²) in [6.45, 7) is 6.17. The lowest BCUT2D eigenvalue weighted by atomic mass is 9.62. The molecule has 0 aromatic carbocycles. The topological polar surface area (TPSA) is 40.5 Å². The Bertz CT molecular complexity index is 360. The molecule has 0 aromatic heterocycles. The zero-order chi connectivity index (χ0) is 12.7. The summed E-state index contributed by atoms with van der Waals surface area (Å²) >= 11 is 0. The Hall–Kier alpha value is -0.600. The van der Waals surface area contributed by atoms with E-state index in [1.165, 1.54) is 12.0 Å². The average molecular weight is 236 g/mol. The van der Waals surface area contributed by atoms with Gasteiger partial charge in [0.25, 0.3) is 0 Å². The van der Waals surface area contributed by atoms with Crippen molar-refractivity contribution in [3.8, 4) is 0 Å². The summed E-state index contributed by atoms with van der Waals surface area (Å²) in [6.07, 6.45) is 8.76. The molecule has 2 rings (SSSR count). The van der Waals surface area contributed by atoms with Gasteiger partial charge in [-0.1, -0.05) is 19.1 Å². The fraction of sp³-hybridized carbons (Fsp3) is 0.733. The third-order valence-electron chi connectivity index (χ3n) is 4.54. The fourth-order valence-corrected chi connectivity index (χ4v) is 3.23. The molecular formula is C15H24O2. The largest absolute Gasteiger partial charge is 0.392 e. The van der Waals surface area contributed by atoms with Gasteiger partial charge in [0.05, 0.1) is 12.2 Å². The van der Waals surface area contributed by atoms with Crippen molar-refractivity contribution < 1.29 is 10.2 Å². The summed E-state index contributed by atoms with van der Waals surface area (Å²) in [5.41, 5.74) is 1.92. The molecule has 0 unspecified atom stereocenters. The fourth-order valence-electron chi connectivity index (χ4n) is 3.23. The Morgan fingerprint density at radius 2 is 2.12 bits per heavy atom. The molecule has 0 bridgehead atoms. The predicted octanol–water partition coefficient (Wildman–Crippen LogP) is 2.81. The van der Waals surface area contributed by atoms with Gasteiger partial charge in [-0.05, 0) is 56.1 Å². The summed E-state index contributed by atoms with van der Waals surface area (Å²) in [6, 6.07) is 0. The van der Waals surface area contributed by atoms with E-state index in [1.807, 2.05) is 13.8 Å². The van der Waals surface area contributed by atoms with Crippen molar-refractivity contribution in [3.05, 3.63) is 23.3 Å². The molecule has 2 heteroatoms. The van der Waals surface area contributed by atoms with Crippen molar-refractivity contribution >= 4 is 0 Å². The molecule has 2 aliphatic carbocycles. The number of aliphatic hydroxyl groups is 2. The SMILES string of the molecule is CC(C)(O)[C@@H]1C=C2C(CO)=CCC[C@]2(C)CC1. The van der Waals surface area contributed by atoms with Crippen LogP contribution in [0, 0.1) is 11.3 Å². The van der Waals surface area contributed by atoms with E-state index in [4.69, 9.17) is 0 Å². The van der Waals surface area contributed by atoms with Crippen molar-refractivity contribution in [1.29, 1.82) is 0 Å². The van der Waals surface area contributed by atoms with E-state index in [2.05, 4.69) is 19.1 Å². The van der Waals surface area contributed by atoms with E-state index in [0.717, 1.165) is 24.8 Å². The molecule has 0 fully saturated rings. The molecule has 0 radical (unpaired) electrons. The van der Waals surface area contributed by atoms with Gasteiger partial charge in [-0.2, -0.15) is 0 Å². The molecule has 0 heterocycles. The van der Waals surface area contributed by atoms with Gasteiger partial charge in [0.15, 0.2) is 0 Å². The number of fused-ring (bicyclic) bond motifs is 1. The molecule has 2 nitrogen and oxygen atoms in total. The molecule has 0 saturated carbocycles. The van der Waals surface area contributed by atoms with E-state index < -0.39 is 5.60 Å². The van der Waals surface area contributed by atoms with Crippen LogP contribution in [0.15, 0.2) is 23.3 Å². The van der Waals surface area contributed by atoms with Crippen LogP contribution in [0.25, 0.3) is 0 Å². The van der Waals surface area contributed by atoms with Crippen molar-refractivity contribution in [2.75, 3.05) is 6.61 Å². The van der Waals surface area contributed by atoms with Gasteiger partial charge >= 0.3 is 0 Å². The second kappa shape index (κ2) is 4.25. The van der Waals surface area contributed by atoms with E-state index in [9.17, 15) is 10.2 Å². The van der Waals surface area contributed by atoms with Crippen LogP contribution in [0.1, 0.15) is 46.5 Å². The van der Waals surface area contributed by atoms with E-state index in [-0.39, 0.29) is 17.9 Å². The monoisotopic (exact) mass is 236 g/mol. The third kappa shape index (κ3) is 2.34. The first kappa shape index (κ1) is 12.8. The van der Waals surface area contributed by atoms with Crippen molar-refractivity contribution in [2.24, 2.45) is 11.3 Å². The van der Waals surface area contributed by atoms with Crippen molar-refractivity contribution in [1.82, 2.24) is 0 Å². The van der Waals surface area contributed by atoms with Crippen LogP contribution < -0.4 is 0 Å². The Balaban J connectivity index is 2.38. The lowest BCUT2D eigenvalue weighted by Crippen LogP contribution is -2.37. The van der Waals surface area contributed by atoms with Crippen LogP contribution in [0.3, 0.4) is 0 Å². The summed E-state index contributed by atoms with van der Waals surface area (Å²) < 4.78 is 0. The number of aliphatic hydroxyl groups excluding tert-OH is 1. The zero-order valence-corrected chi connectivity index (χ0v) is 11.2. The van der Waals surface area contributed by atoms with Gasteiger partial charge in [-0.3, -0.25) is 0 Å². The van der Waals surface area contributed by atoms with Crippen molar-refractivity contribution in [2.45, 2.75) is 52.1 Å². The normalized spacial score (nSPS) is 33.8. The molecule has 0 spiro atoms. The average Bonchev–Trinajstić information content (AvgIpc) is 2.25. The number of hydrogen-bond donors (Lipinski definition) is 2. The molecule has 0 aromatic rings. The van der Waals surface area contributed by atoms with Gasteiger partial charge in [0, 0.05) is 5.92 Å². The molecule has 0 saturated heterocycles. The van der Waals surface area contributed by atoms with E-state index >= 15 is 0 Å². The minimum Gasteiger partial charge on any atom is -0.392 e. The number of hydrogen-bond acceptors (Lipinski definition) is 2. The quantitative estimate of drug-likeness (QED) is 0.774. The molecular weight excluding hydrogens is 212 g/mol. The summed E-state index contributed by atoms with van der Waals surface area (Å²) in [5, 5.41) is 19.6. The smallest absolute Gasteiger partial charge is 0.0681 e. The lowest BCUT2D eigenvalue weighted by molar-refractivity contribution is 0.0237. The molecule has 2 N–H and O–H groups in total. The Kier molecular flexibility index (Phi) is 3.21. The van der Waals surface area contributed by atoms with Crippen LogP contribution >= 0.6 is 0 Å². The van der Waals surface area contributed by atoms with Crippen LogP contribution in [-0.4, -0.2) is 22.4 Å². The third-order valence-corrected chi connectivity index (χ3v) is 4.54. The van der Waals surface area contributed by atoms with Gasteiger partial charge in [0.2, 0.25) is 0 Å². The molecule has 2 aliphatic rings. The van der Waals surface area contributed by atoms with E-state index in [1.54, 1.807) is 0 Å². The predicted molar refractivity (Wildman–Crippen MR) is 69.6 cm³/mol. The molecule has 96 valence electrons. The highest BCUT2D eigenvalue weighted by molar-refractivity contribution is 5.41. The molecule has 2 atom stereocenters. The van der Waals surface area contributed by atoms with Gasteiger partial charge < -0.3 is 10.2 Å². The highest BCUT2D eigenvalue weighted by atomic mass is 16.3. The minimum atomic E-state index is -0.660. The van der Waals surface area contributed by atoms with Crippen LogP contribution in [-0.2, 0) is 0 Å². The first-order valence-corrected chi connectivity index (χ1v) is 6.62. The maximum absolute atomic E-state index is 10.1.